The van der Waals surface area contributed by atoms with Crippen molar-refractivity contribution in [2.24, 2.45) is 0 Å². The Hall–Kier alpha value is -2.94. The largest absolute Gasteiger partial charge is 0.497 e. The van der Waals surface area contributed by atoms with E-state index < -0.39 is 11.6 Å². The zero-order chi connectivity index (χ0) is 21.5. The summed E-state index contributed by atoms with van der Waals surface area (Å²) in [6, 6.07) is 10.8. The highest BCUT2D eigenvalue weighted by molar-refractivity contribution is 7.99. The van der Waals surface area contributed by atoms with Crippen LogP contribution in [-0.4, -0.2) is 33.5 Å². The molecule has 0 spiro atoms. The normalized spacial score (nSPS) is 10.8. The molecule has 0 bridgehead atoms. The molecule has 1 amide bonds. The van der Waals surface area contributed by atoms with Crippen LogP contribution in [0.3, 0.4) is 0 Å². The first-order valence-corrected chi connectivity index (χ1v) is 10.5. The lowest BCUT2D eigenvalue weighted by atomic mass is 10.2. The van der Waals surface area contributed by atoms with Gasteiger partial charge in [-0.3, -0.25) is 4.79 Å². The summed E-state index contributed by atoms with van der Waals surface area (Å²) in [6.07, 6.45) is 1.94. The number of carbonyl (C=O) groups is 1. The molecule has 3 rings (SSSR count). The highest BCUT2D eigenvalue weighted by Crippen LogP contribution is 2.26. The van der Waals surface area contributed by atoms with Crippen LogP contribution in [0.2, 0.25) is 0 Å². The molecule has 0 aliphatic rings. The molecule has 1 N–H and O–H groups in total. The van der Waals surface area contributed by atoms with Crippen molar-refractivity contribution in [1.82, 2.24) is 14.8 Å². The highest BCUT2D eigenvalue weighted by Gasteiger charge is 2.16. The Morgan fingerprint density at radius 2 is 1.90 bits per heavy atom. The van der Waals surface area contributed by atoms with Gasteiger partial charge in [0.2, 0.25) is 5.91 Å². The second-order valence-corrected chi connectivity index (χ2v) is 7.45. The van der Waals surface area contributed by atoms with Crippen molar-refractivity contribution in [3.8, 4) is 17.1 Å². The lowest BCUT2D eigenvalue weighted by Gasteiger charge is -2.10. The highest BCUT2D eigenvalue weighted by atomic mass is 32.2. The minimum absolute atomic E-state index is 0.0614. The Bertz CT molecular complexity index is 1010. The monoisotopic (exact) mass is 432 g/mol. The second-order valence-electron chi connectivity index (χ2n) is 6.51. The number of nitrogens with zero attached hydrogens (tertiary/aromatic N) is 3. The van der Waals surface area contributed by atoms with Crippen LogP contribution in [0.1, 0.15) is 19.8 Å². The van der Waals surface area contributed by atoms with E-state index >= 15 is 0 Å². The third kappa shape index (κ3) is 5.35. The van der Waals surface area contributed by atoms with E-state index in [0.717, 1.165) is 48.7 Å². The number of hydrogen-bond acceptors (Lipinski definition) is 5. The molecule has 0 aliphatic carbocycles. The van der Waals surface area contributed by atoms with E-state index in [1.54, 1.807) is 7.11 Å². The first-order chi connectivity index (χ1) is 14.5. The molecular formula is C21H22F2N4O2S. The van der Waals surface area contributed by atoms with Gasteiger partial charge in [-0.05, 0) is 42.8 Å². The number of rotatable bonds is 9. The zero-order valence-electron chi connectivity index (χ0n) is 16.7. The van der Waals surface area contributed by atoms with Gasteiger partial charge in [-0.1, -0.05) is 25.1 Å². The van der Waals surface area contributed by atoms with E-state index in [4.69, 9.17) is 4.74 Å². The van der Waals surface area contributed by atoms with Gasteiger partial charge in [-0.25, -0.2) is 8.78 Å². The lowest BCUT2D eigenvalue weighted by molar-refractivity contribution is -0.113. The van der Waals surface area contributed by atoms with Gasteiger partial charge in [0.25, 0.3) is 0 Å². The van der Waals surface area contributed by atoms with Crippen molar-refractivity contribution < 1.29 is 18.3 Å². The van der Waals surface area contributed by atoms with Crippen molar-refractivity contribution in [3.05, 3.63) is 54.1 Å². The summed E-state index contributed by atoms with van der Waals surface area (Å²) in [5, 5.41) is 11.7. The molecule has 0 saturated heterocycles. The predicted molar refractivity (Wildman–Crippen MR) is 113 cm³/mol. The Morgan fingerprint density at radius 1 is 1.13 bits per heavy atom. The molecule has 2 aromatic carbocycles. The molecule has 30 heavy (non-hydrogen) atoms. The van der Waals surface area contributed by atoms with Crippen molar-refractivity contribution in [1.29, 1.82) is 0 Å². The van der Waals surface area contributed by atoms with E-state index in [0.29, 0.717) is 5.16 Å². The number of anilines is 1. The van der Waals surface area contributed by atoms with Crippen molar-refractivity contribution in [2.45, 2.75) is 31.5 Å². The van der Waals surface area contributed by atoms with Crippen molar-refractivity contribution >= 4 is 23.4 Å². The van der Waals surface area contributed by atoms with Gasteiger partial charge in [0, 0.05) is 23.9 Å². The summed E-state index contributed by atoms with van der Waals surface area (Å²) in [7, 11) is 1.61. The fourth-order valence-corrected chi connectivity index (χ4v) is 3.53. The molecule has 0 fully saturated rings. The SMILES string of the molecule is CCCCn1c(SCC(=O)Nc2ccc(F)c(F)c2)nnc1-c1ccc(OC)cc1. The van der Waals surface area contributed by atoms with Gasteiger partial charge in [0.15, 0.2) is 22.6 Å². The molecule has 6 nitrogen and oxygen atoms in total. The van der Waals surface area contributed by atoms with Gasteiger partial charge in [0.05, 0.1) is 12.9 Å². The van der Waals surface area contributed by atoms with Gasteiger partial charge >= 0.3 is 0 Å². The minimum Gasteiger partial charge on any atom is -0.497 e. The van der Waals surface area contributed by atoms with Gasteiger partial charge in [0.1, 0.15) is 5.75 Å². The molecule has 0 saturated carbocycles. The Morgan fingerprint density at radius 3 is 2.57 bits per heavy atom. The van der Waals surface area contributed by atoms with E-state index in [-0.39, 0.29) is 17.3 Å². The molecule has 3 aromatic rings. The maximum Gasteiger partial charge on any atom is 0.234 e. The number of ether oxygens (including phenoxy) is 1. The summed E-state index contributed by atoms with van der Waals surface area (Å²) < 4.78 is 33.5. The molecule has 9 heteroatoms. The zero-order valence-corrected chi connectivity index (χ0v) is 17.5. The van der Waals surface area contributed by atoms with Gasteiger partial charge in [-0.2, -0.15) is 0 Å². The third-order valence-electron chi connectivity index (χ3n) is 4.34. The van der Waals surface area contributed by atoms with E-state index in [1.807, 2.05) is 28.8 Å². The fraction of sp³-hybridized carbons (Fsp3) is 0.286. The number of hydrogen-bond donors (Lipinski definition) is 1. The van der Waals surface area contributed by atoms with E-state index in [1.165, 1.54) is 17.8 Å². The standard InChI is InChI=1S/C21H22F2N4O2S/c1-3-4-11-27-20(14-5-8-16(29-2)9-6-14)25-26-21(27)30-13-19(28)24-15-7-10-17(22)18(23)12-15/h5-10,12H,3-4,11,13H2,1-2H3,(H,24,28). The van der Waals surface area contributed by atoms with Crippen molar-refractivity contribution in [3.63, 3.8) is 0 Å². The minimum atomic E-state index is -1.01. The molecule has 1 heterocycles. The number of methoxy groups -OCH3 is 1. The summed E-state index contributed by atoms with van der Waals surface area (Å²) in [6.45, 7) is 2.82. The second kappa shape index (κ2) is 10.2. The van der Waals surface area contributed by atoms with Crippen LogP contribution in [0.5, 0.6) is 5.75 Å². The smallest absolute Gasteiger partial charge is 0.234 e. The number of unbranched alkanes of at least 4 members (excludes halogenated alkanes) is 1. The average Bonchev–Trinajstić information content (AvgIpc) is 3.16. The summed E-state index contributed by atoms with van der Waals surface area (Å²) in [5.41, 5.74) is 1.10. The third-order valence-corrected chi connectivity index (χ3v) is 5.30. The van der Waals surface area contributed by atoms with Crippen LogP contribution in [-0.2, 0) is 11.3 Å². The maximum atomic E-state index is 13.3. The average molecular weight is 432 g/mol. The maximum absolute atomic E-state index is 13.3. The number of nitrogens with one attached hydrogen (secondary N) is 1. The summed E-state index contributed by atoms with van der Waals surface area (Å²) >= 11 is 1.24. The molecular weight excluding hydrogens is 410 g/mol. The van der Waals surface area contributed by atoms with Crippen LogP contribution in [0, 0.1) is 11.6 Å². The number of aromatic nitrogens is 3. The number of benzene rings is 2. The number of thioether (sulfide) groups is 1. The van der Waals surface area contributed by atoms with Crippen LogP contribution in [0.25, 0.3) is 11.4 Å². The topological polar surface area (TPSA) is 69.0 Å². The van der Waals surface area contributed by atoms with Gasteiger partial charge < -0.3 is 14.6 Å². The Labute approximate surface area is 177 Å². The molecule has 0 atom stereocenters. The lowest BCUT2D eigenvalue weighted by Crippen LogP contribution is -2.15. The van der Waals surface area contributed by atoms with Crippen LogP contribution < -0.4 is 10.1 Å². The van der Waals surface area contributed by atoms with Crippen LogP contribution >= 0.6 is 11.8 Å². The van der Waals surface area contributed by atoms with Crippen molar-refractivity contribution in [2.75, 3.05) is 18.2 Å². The summed E-state index contributed by atoms with van der Waals surface area (Å²) in [4.78, 5) is 12.2. The Kier molecular flexibility index (Phi) is 7.40. The molecule has 0 aliphatic heterocycles. The van der Waals surface area contributed by atoms with E-state index in [9.17, 15) is 13.6 Å². The number of halogens is 2. The Balaban J connectivity index is 1.72. The quantitative estimate of drug-likeness (QED) is 0.494. The number of amides is 1. The summed E-state index contributed by atoms with van der Waals surface area (Å²) in [5.74, 6) is -0.786. The molecule has 158 valence electrons. The first-order valence-electron chi connectivity index (χ1n) is 9.47. The van der Waals surface area contributed by atoms with Crippen LogP contribution in [0.15, 0.2) is 47.6 Å². The molecule has 0 unspecified atom stereocenters. The van der Waals surface area contributed by atoms with Gasteiger partial charge in [-0.15, -0.1) is 10.2 Å². The van der Waals surface area contributed by atoms with E-state index in [2.05, 4.69) is 22.4 Å². The fourth-order valence-electron chi connectivity index (χ4n) is 2.77. The predicted octanol–water partition coefficient (Wildman–Crippen LogP) is 4.76. The van der Waals surface area contributed by atoms with Crippen LogP contribution in [0.4, 0.5) is 14.5 Å². The molecule has 0 radical (unpaired) electrons. The number of carbonyl (C=O) groups excluding carboxylic acids is 1. The molecule has 1 aromatic heterocycles. The first kappa shape index (κ1) is 21.8.